The molecule has 1 aliphatic rings. The summed E-state index contributed by atoms with van der Waals surface area (Å²) in [6, 6.07) is 15.8. The molecule has 0 saturated carbocycles. The topological polar surface area (TPSA) is 59.4 Å². The van der Waals surface area contributed by atoms with Crippen molar-refractivity contribution in [3.63, 3.8) is 0 Å². The maximum Gasteiger partial charge on any atom is 0.161 e. The second kappa shape index (κ2) is 9.50. The maximum atomic E-state index is 11.9. The zero-order valence-electron chi connectivity index (χ0n) is 16.7. The van der Waals surface area contributed by atoms with Crippen LogP contribution in [0.15, 0.2) is 42.5 Å². The number of carbonyl (C=O) groups excluding carboxylic acids is 1. The third-order valence-electron chi connectivity index (χ3n) is 5.42. The number of rotatable bonds is 7. The molecule has 1 N–H and O–H groups in total. The molecule has 1 fully saturated rings. The van der Waals surface area contributed by atoms with Gasteiger partial charge in [-0.15, -0.1) is 0 Å². The lowest BCUT2D eigenvalue weighted by Gasteiger charge is -2.34. The van der Waals surface area contributed by atoms with Crippen molar-refractivity contribution in [2.24, 2.45) is 0 Å². The highest BCUT2D eigenvalue weighted by Crippen LogP contribution is 2.21. The molecule has 5 heteroatoms. The number of hydrogen-bond acceptors (Lipinski definition) is 5. The van der Waals surface area contributed by atoms with Crippen LogP contribution in [0.5, 0.6) is 0 Å². The van der Waals surface area contributed by atoms with Gasteiger partial charge in [-0.1, -0.05) is 31.2 Å². The fraction of sp³-hybridized carbons (Fsp3) is 0.391. The number of piperazine rings is 1. The van der Waals surface area contributed by atoms with Gasteiger partial charge in [-0.3, -0.25) is 9.69 Å². The Kier molecular flexibility index (Phi) is 6.80. The van der Waals surface area contributed by atoms with Crippen molar-refractivity contribution in [3.05, 3.63) is 64.7 Å². The largest absolute Gasteiger partial charge is 0.380 e. The summed E-state index contributed by atoms with van der Waals surface area (Å²) in [7, 11) is 0. The first-order valence-corrected chi connectivity index (χ1v) is 9.91. The van der Waals surface area contributed by atoms with Crippen LogP contribution >= 0.6 is 0 Å². The lowest BCUT2D eigenvalue weighted by Crippen LogP contribution is -2.45. The molecule has 2 aromatic rings. The third kappa shape index (κ3) is 4.98. The quantitative estimate of drug-likeness (QED) is 0.750. The molecule has 146 valence electrons. The fourth-order valence-electron chi connectivity index (χ4n) is 3.65. The minimum absolute atomic E-state index is 0.00549. The molecule has 1 aliphatic heterocycles. The van der Waals surface area contributed by atoms with Gasteiger partial charge >= 0.3 is 0 Å². The Hall–Kier alpha value is -2.68. The van der Waals surface area contributed by atoms with Gasteiger partial charge in [0.05, 0.1) is 11.6 Å². The molecule has 0 atom stereocenters. The molecule has 0 spiro atoms. The summed E-state index contributed by atoms with van der Waals surface area (Å²) in [6.07, 6.45) is 0. The number of likely N-dealkylation sites (N-methyl/N-ethyl adjacent to an activating group) is 1. The van der Waals surface area contributed by atoms with Crippen molar-refractivity contribution >= 4 is 11.5 Å². The summed E-state index contributed by atoms with van der Waals surface area (Å²) in [5.74, 6) is -0.00549. The van der Waals surface area contributed by atoms with Crippen LogP contribution in [0.2, 0.25) is 0 Å². The second-order valence-corrected chi connectivity index (χ2v) is 7.26. The molecule has 0 amide bonds. The summed E-state index contributed by atoms with van der Waals surface area (Å²) in [5, 5.41) is 12.5. The van der Waals surface area contributed by atoms with E-state index in [2.05, 4.69) is 46.3 Å². The predicted octanol–water partition coefficient (Wildman–Crippen LogP) is 3.51. The van der Waals surface area contributed by atoms with Gasteiger partial charge in [-0.05, 0) is 42.8 Å². The molecular formula is C23H28N4O. The molecule has 1 saturated heterocycles. The lowest BCUT2D eigenvalue weighted by atomic mass is 10.0. The molecule has 0 aromatic heterocycles. The number of nitrogens with zero attached hydrogens (tertiary/aromatic N) is 3. The number of nitrogens with one attached hydrogen (secondary N) is 1. The Morgan fingerprint density at radius 3 is 2.39 bits per heavy atom. The zero-order chi connectivity index (χ0) is 19.9. The van der Waals surface area contributed by atoms with E-state index in [4.69, 9.17) is 5.26 Å². The first-order valence-electron chi connectivity index (χ1n) is 9.91. The van der Waals surface area contributed by atoms with Crippen LogP contribution < -0.4 is 5.32 Å². The highest BCUT2D eigenvalue weighted by molar-refractivity contribution is 5.99. The van der Waals surface area contributed by atoms with Gasteiger partial charge in [0, 0.05) is 50.5 Å². The SMILES string of the molecule is CCN1CCN(Cc2ccccc2CNc2cc(C#N)ccc2C(C)=O)CC1. The van der Waals surface area contributed by atoms with Crippen LogP contribution in [0.25, 0.3) is 0 Å². The number of benzene rings is 2. The van der Waals surface area contributed by atoms with E-state index >= 15 is 0 Å². The van der Waals surface area contributed by atoms with Crippen LogP contribution in [0.1, 0.15) is 40.9 Å². The average molecular weight is 377 g/mol. The smallest absolute Gasteiger partial charge is 0.161 e. The minimum Gasteiger partial charge on any atom is -0.380 e. The molecule has 5 nitrogen and oxygen atoms in total. The number of Topliss-reactive ketones (excluding diaryl/α,β-unsaturated/α-hetero) is 1. The van der Waals surface area contributed by atoms with Gasteiger partial charge in [0.25, 0.3) is 0 Å². The molecule has 28 heavy (non-hydrogen) atoms. The summed E-state index contributed by atoms with van der Waals surface area (Å²) in [4.78, 5) is 16.9. The molecule has 1 heterocycles. The molecule has 2 aromatic carbocycles. The van der Waals surface area contributed by atoms with Crippen LogP contribution in [0.4, 0.5) is 5.69 Å². The molecule has 0 unspecified atom stereocenters. The Morgan fingerprint density at radius 2 is 1.75 bits per heavy atom. The Labute approximate surface area is 167 Å². The first kappa shape index (κ1) is 20.1. The predicted molar refractivity (Wildman–Crippen MR) is 112 cm³/mol. The van der Waals surface area contributed by atoms with Crippen molar-refractivity contribution < 1.29 is 4.79 Å². The van der Waals surface area contributed by atoms with E-state index in [1.165, 1.54) is 11.1 Å². The van der Waals surface area contributed by atoms with Crippen molar-refractivity contribution in [2.45, 2.75) is 26.9 Å². The first-order chi connectivity index (χ1) is 13.6. The van der Waals surface area contributed by atoms with Gasteiger partial charge in [-0.2, -0.15) is 5.26 Å². The van der Waals surface area contributed by atoms with E-state index in [1.54, 1.807) is 25.1 Å². The van der Waals surface area contributed by atoms with Crippen LogP contribution in [-0.4, -0.2) is 48.3 Å². The number of hydrogen-bond donors (Lipinski definition) is 1. The summed E-state index contributed by atoms with van der Waals surface area (Å²) in [6.45, 7) is 10.9. The van der Waals surface area contributed by atoms with Crippen LogP contribution in [0, 0.1) is 11.3 Å². The number of carbonyl (C=O) groups is 1. The Balaban J connectivity index is 1.71. The minimum atomic E-state index is -0.00549. The molecule has 0 radical (unpaired) electrons. The van der Waals surface area contributed by atoms with E-state index in [1.807, 2.05) is 6.07 Å². The summed E-state index contributed by atoms with van der Waals surface area (Å²) < 4.78 is 0. The van der Waals surface area contributed by atoms with Gasteiger partial charge in [0.2, 0.25) is 0 Å². The highest BCUT2D eigenvalue weighted by atomic mass is 16.1. The highest BCUT2D eigenvalue weighted by Gasteiger charge is 2.17. The molecule has 3 rings (SSSR count). The van der Waals surface area contributed by atoms with E-state index in [9.17, 15) is 4.79 Å². The monoisotopic (exact) mass is 376 g/mol. The van der Waals surface area contributed by atoms with Gasteiger partial charge < -0.3 is 10.2 Å². The average Bonchev–Trinajstić information content (AvgIpc) is 2.73. The normalized spacial score (nSPS) is 15.2. The van der Waals surface area contributed by atoms with Gasteiger partial charge in [0.15, 0.2) is 5.78 Å². The molecule has 0 aliphatic carbocycles. The van der Waals surface area contributed by atoms with E-state index in [0.29, 0.717) is 17.7 Å². The third-order valence-corrected chi connectivity index (χ3v) is 5.42. The van der Waals surface area contributed by atoms with Gasteiger partial charge in [0.1, 0.15) is 0 Å². The zero-order valence-corrected chi connectivity index (χ0v) is 16.7. The Bertz CT molecular complexity index is 863. The second-order valence-electron chi connectivity index (χ2n) is 7.26. The Morgan fingerprint density at radius 1 is 1.07 bits per heavy atom. The van der Waals surface area contributed by atoms with Crippen molar-refractivity contribution in [3.8, 4) is 6.07 Å². The van der Waals surface area contributed by atoms with Crippen LogP contribution in [-0.2, 0) is 13.1 Å². The summed E-state index contributed by atoms with van der Waals surface area (Å²) in [5.41, 5.74) is 4.41. The van der Waals surface area contributed by atoms with Crippen molar-refractivity contribution in [1.29, 1.82) is 5.26 Å². The molecular weight excluding hydrogens is 348 g/mol. The fourth-order valence-corrected chi connectivity index (χ4v) is 3.65. The van der Waals surface area contributed by atoms with E-state index in [0.717, 1.165) is 45.0 Å². The number of anilines is 1. The van der Waals surface area contributed by atoms with Crippen LogP contribution in [0.3, 0.4) is 0 Å². The lowest BCUT2D eigenvalue weighted by molar-refractivity contribution is 0.101. The van der Waals surface area contributed by atoms with E-state index in [-0.39, 0.29) is 5.78 Å². The summed E-state index contributed by atoms with van der Waals surface area (Å²) >= 11 is 0. The van der Waals surface area contributed by atoms with Crippen molar-refractivity contribution in [1.82, 2.24) is 9.80 Å². The maximum absolute atomic E-state index is 11.9. The van der Waals surface area contributed by atoms with Gasteiger partial charge in [-0.25, -0.2) is 0 Å². The number of nitriles is 1. The standard InChI is InChI=1S/C23H28N4O/c1-3-26-10-12-27(13-11-26)17-21-7-5-4-6-20(21)16-25-23-14-19(15-24)8-9-22(23)18(2)28/h4-9,14,25H,3,10-13,16-17H2,1-2H3. The van der Waals surface area contributed by atoms with E-state index < -0.39 is 0 Å². The molecule has 0 bridgehead atoms. The van der Waals surface area contributed by atoms with Crippen molar-refractivity contribution in [2.75, 3.05) is 38.0 Å². The number of ketones is 1.